The maximum absolute atomic E-state index is 13.3. The molecule has 0 bridgehead atoms. The van der Waals surface area contributed by atoms with Crippen molar-refractivity contribution in [3.63, 3.8) is 0 Å². The normalized spacial score (nSPS) is 12.7. The van der Waals surface area contributed by atoms with E-state index in [0.717, 1.165) is 21.9 Å². The van der Waals surface area contributed by atoms with Crippen LogP contribution in [0, 0.1) is 18.6 Å². The summed E-state index contributed by atoms with van der Waals surface area (Å²) in [7, 11) is 1.76. The minimum atomic E-state index is -0.930. The van der Waals surface area contributed by atoms with E-state index in [4.69, 9.17) is 11.6 Å². The average molecular weight is 288 g/mol. The number of rotatable bonds is 3. The van der Waals surface area contributed by atoms with Gasteiger partial charge >= 0.3 is 0 Å². The molecule has 2 aromatic rings. The third-order valence-electron chi connectivity index (χ3n) is 2.68. The van der Waals surface area contributed by atoms with Gasteiger partial charge in [-0.05, 0) is 43.8 Å². The van der Waals surface area contributed by atoms with Crippen molar-refractivity contribution in [1.29, 1.82) is 0 Å². The van der Waals surface area contributed by atoms with Gasteiger partial charge in [-0.25, -0.2) is 8.78 Å². The Balaban J connectivity index is 2.48. The molecular weight excluding hydrogens is 276 g/mol. The fourth-order valence-electron chi connectivity index (χ4n) is 1.82. The van der Waals surface area contributed by atoms with Crippen molar-refractivity contribution in [2.75, 3.05) is 7.05 Å². The molecule has 96 valence electrons. The van der Waals surface area contributed by atoms with Crippen molar-refractivity contribution in [2.45, 2.75) is 13.0 Å². The molecule has 1 aromatic carbocycles. The smallest absolute Gasteiger partial charge is 0.160 e. The molecule has 0 saturated heterocycles. The first-order chi connectivity index (χ1) is 8.52. The van der Waals surface area contributed by atoms with Crippen LogP contribution in [0.15, 0.2) is 24.3 Å². The second-order valence-corrected chi connectivity index (χ2v) is 5.68. The van der Waals surface area contributed by atoms with Gasteiger partial charge in [0.05, 0.1) is 6.04 Å². The highest BCUT2D eigenvalue weighted by molar-refractivity contribution is 7.12. The van der Waals surface area contributed by atoms with Gasteiger partial charge in [0.25, 0.3) is 0 Å². The molecule has 1 nitrogen and oxygen atoms in total. The number of aryl methyl sites for hydroxylation is 1. The SMILES string of the molecule is CNC(c1ccc(C)s1)c1cc(F)c(F)cc1Cl. The molecule has 1 aromatic heterocycles. The molecule has 0 aliphatic heterocycles. The predicted molar refractivity (Wildman–Crippen MR) is 71.3 cm³/mol. The minimum absolute atomic E-state index is 0.222. The second-order valence-electron chi connectivity index (χ2n) is 3.96. The average Bonchev–Trinajstić information content (AvgIpc) is 2.73. The lowest BCUT2D eigenvalue weighted by atomic mass is 10.1. The first-order valence-electron chi connectivity index (χ1n) is 5.41. The molecule has 5 heteroatoms. The lowest BCUT2D eigenvalue weighted by Crippen LogP contribution is -2.17. The van der Waals surface area contributed by atoms with E-state index in [1.54, 1.807) is 18.4 Å². The zero-order valence-electron chi connectivity index (χ0n) is 9.93. The second kappa shape index (κ2) is 5.34. The van der Waals surface area contributed by atoms with Crippen molar-refractivity contribution < 1.29 is 8.78 Å². The summed E-state index contributed by atoms with van der Waals surface area (Å²) in [6.45, 7) is 1.99. The van der Waals surface area contributed by atoms with E-state index in [-0.39, 0.29) is 11.1 Å². The summed E-state index contributed by atoms with van der Waals surface area (Å²) in [6.07, 6.45) is 0. The molecular formula is C13H12ClF2NS. The summed E-state index contributed by atoms with van der Waals surface area (Å²) in [5.74, 6) is -1.82. The summed E-state index contributed by atoms with van der Waals surface area (Å²) >= 11 is 7.59. The van der Waals surface area contributed by atoms with Crippen LogP contribution in [-0.4, -0.2) is 7.05 Å². The van der Waals surface area contributed by atoms with Crippen LogP contribution in [-0.2, 0) is 0 Å². The Labute approximate surface area is 113 Å². The molecule has 0 aliphatic carbocycles. The molecule has 0 radical (unpaired) electrons. The summed E-state index contributed by atoms with van der Waals surface area (Å²) < 4.78 is 26.4. The lowest BCUT2D eigenvalue weighted by molar-refractivity contribution is 0.505. The third-order valence-corrected chi connectivity index (χ3v) is 4.08. The Hall–Kier alpha value is -0.970. The van der Waals surface area contributed by atoms with Crippen LogP contribution >= 0.6 is 22.9 Å². The molecule has 1 N–H and O–H groups in total. The van der Waals surface area contributed by atoms with Gasteiger partial charge in [-0.2, -0.15) is 0 Å². The number of nitrogens with one attached hydrogen (secondary N) is 1. The third kappa shape index (κ3) is 2.55. The van der Waals surface area contributed by atoms with Crippen LogP contribution in [0.2, 0.25) is 5.02 Å². The van der Waals surface area contributed by atoms with Crippen molar-refractivity contribution in [3.8, 4) is 0 Å². The number of hydrogen-bond donors (Lipinski definition) is 1. The molecule has 18 heavy (non-hydrogen) atoms. The fourth-order valence-corrected chi connectivity index (χ4v) is 3.08. The Morgan fingerprint density at radius 3 is 2.44 bits per heavy atom. The number of halogens is 3. The Morgan fingerprint density at radius 1 is 1.22 bits per heavy atom. The quantitative estimate of drug-likeness (QED) is 0.830. The van der Waals surface area contributed by atoms with Gasteiger partial charge in [-0.15, -0.1) is 11.3 Å². The van der Waals surface area contributed by atoms with Crippen LogP contribution in [0.25, 0.3) is 0 Å². The standard InChI is InChI=1S/C13H12ClF2NS/c1-7-3-4-12(18-7)13(17-2)8-5-10(15)11(16)6-9(8)14/h3-6,13,17H,1-2H3. The van der Waals surface area contributed by atoms with Gasteiger partial charge in [-0.1, -0.05) is 11.6 Å². The molecule has 0 spiro atoms. The maximum atomic E-state index is 13.3. The molecule has 2 rings (SSSR count). The molecule has 1 heterocycles. The van der Waals surface area contributed by atoms with Crippen molar-refractivity contribution in [2.24, 2.45) is 0 Å². The number of benzene rings is 1. The monoisotopic (exact) mass is 287 g/mol. The van der Waals surface area contributed by atoms with E-state index in [1.165, 1.54) is 0 Å². The summed E-state index contributed by atoms with van der Waals surface area (Å²) in [4.78, 5) is 2.17. The van der Waals surface area contributed by atoms with E-state index in [0.29, 0.717) is 5.56 Å². The van der Waals surface area contributed by atoms with Crippen LogP contribution in [0.4, 0.5) is 8.78 Å². The zero-order valence-corrected chi connectivity index (χ0v) is 11.5. The van der Waals surface area contributed by atoms with E-state index < -0.39 is 11.6 Å². The molecule has 0 fully saturated rings. The van der Waals surface area contributed by atoms with E-state index in [1.807, 2.05) is 19.1 Å². The Morgan fingerprint density at radius 2 is 1.89 bits per heavy atom. The largest absolute Gasteiger partial charge is 0.309 e. The van der Waals surface area contributed by atoms with Gasteiger partial charge in [-0.3, -0.25) is 0 Å². The van der Waals surface area contributed by atoms with Gasteiger partial charge in [0.2, 0.25) is 0 Å². The van der Waals surface area contributed by atoms with Crippen LogP contribution in [0.3, 0.4) is 0 Å². The molecule has 0 saturated carbocycles. The topological polar surface area (TPSA) is 12.0 Å². The van der Waals surface area contributed by atoms with Crippen molar-refractivity contribution >= 4 is 22.9 Å². The highest BCUT2D eigenvalue weighted by Gasteiger charge is 2.19. The Kier molecular flexibility index (Phi) is 4.00. The van der Waals surface area contributed by atoms with Gasteiger partial charge in [0.15, 0.2) is 11.6 Å². The summed E-state index contributed by atoms with van der Waals surface area (Å²) in [5.41, 5.74) is 0.542. The summed E-state index contributed by atoms with van der Waals surface area (Å²) in [6, 6.07) is 5.87. The lowest BCUT2D eigenvalue weighted by Gasteiger charge is -2.17. The molecule has 0 aliphatic rings. The van der Waals surface area contributed by atoms with Crippen molar-refractivity contribution in [3.05, 3.63) is 56.2 Å². The van der Waals surface area contributed by atoms with Gasteiger partial charge < -0.3 is 5.32 Å². The molecule has 0 amide bonds. The van der Waals surface area contributed by atoms with E-state index in [9.17, 15) is 8.78 Å². The zero-order chi connectivity index (χ0) is 13.3. The minimum Gasteiger partial charge on any atom is -0.309 e. The molecule has 1 unspecified atom stereocenters. The molecule has 1 atom stereocenters. The van der Waals surface area contributed by atoms with Crippen LogP contribution in [0.1, 0.15) is 21.4 Å². The predicted octanol–water partition coefficient (Wildman–Crippen LogP) is 4.30. The number of thiophene rings is 1. The van der Waals surface area contributed by atoms with Crippen molar-refractivity contribution in [1.82, 2.24) is 5.32 Å². The van der Waals surface area contributed by atoms with E-state index >= 15 is 0 Å². The summed E-state index contributed by atoms with van der Waals surface area (Å²) in [5, 5.41) is 3.29. The van der Waals surface area contributed by atoms with Gasteiger partial charge in [0, 0.05) is 14.8 Å². The highest BCUT2D eigenvalue weighted by atomic mass is 35.5. The first kappa shape index (κ1) is 13.5. The fraction of sp³-hybridized carbons (Fsp3) is 0.231. The maximum Gasteiger partial charge on any atom is 0.160 e. The van der Waals surface area contributed by atoms with Crippen LogP contribution in [0.5, 0.6) is 0 Å². The first-order valence-corrected chi connectivity index (χ1v) is 6.60. The van der Waals surface area contributed by atoms with Gasteiger partial charge in [0.1, 0.15) is 0 Å². The number of hydrogen-bond acceptors (Lipinski definition) is 2. The highest BCUT2D eigenvalue weighted by Crippen LogP contribution is 2.33. The Bertz CT molecular complexity index is 568. The van der Waals surface area contributed by atoms with Crippen LogP contribution < -0.4 is 5.32 Å². The van der Waals surface area contributed by atoms with E-state index in [2.05, 4.69) is 5.32 Å².